The van der Waals surface area contributed by atoms with Gasteiger partial charge in [0.15, 0.2) is 0 Å². The molecule has 1 aliphatic carbocycles. The molecule has 10 nitrogen and oxygen atoms in total. The molecule has 0 radical (unpaired) electrons. The first-order chi connectivity index (χ1) is 17.0. The number of nitrogens with zero attached hydrogens (tertiary/aromatic N) is 3. The standard InChI is InChI=1S/C26H36N6O4/c1-16(2)13-30(21-22(27)31(14-17(3)4)25(36)29-23(21)34)15-20(33)32-19-10-6-5-9-18(19)28-24(35)26(32)11-7-8-12-26/h5-6,9-10,16-17H,7-8,11-15,27H2,1-4H3,(H,28,35)(H,29,34,36). The van der Waals surface area contributed by atoms with Gasteiger partial charge in [0.1, 0.15) is 17.0 Å². The van der Waals surface area contributed by atoms with Crippen molar-refractivity contribution >= 4 is 34.7 Å². The number of nitrogens with one attached hydrogen (secondary N) is 2. The number of aromatic nitrogens is 2. The highest BCUT2D eigenvalue weighted by molar-refractivity contribution is 6.15. The normalized spacial score (nSPS) is 16.5. The molecule has 1 saturated carbocycles. The van der Waals surface area contributed by atoms with Gasteiger partial charge in [0.25, 0.3) is 11.5 Å². The Morgan fingerprint density at radius 1 is 1.08 bits per heavy atom. The Balaban J connectivity index is 1.79. The molecular weight excluding hydrogens is 460 g/mol. The predicted molar refractivity (Wildman–Crippen MR) is 141 cm³/mol. The molecule has 1 aliphatic heterocycles. The van der Waals surface area contributed by atoms with E-state index in [9.17, 15) is 19.2 Å². The van der Waals surface area contributed by atoms with E-state index >= 15 is 0 Å². The quantitative estimate of drug-likeness (QED) is 0.539. The lowest BCUT2D eigenvalue weighted by Crippen LogP contribution is -2.62. The Kier molecular flexibility index (Phi) is 6.97. The molecular formula is C26H36N6O4. The molecule has 194 valence electrons. The molecule has 0 saturated heterocycles. The van der Waals surface area contributed by atoms with E-state index in [1.807, 2.05) is 45.9 Å². The van der Waals surface area contributed by atoms with E-state index in [0.717, 1.165) is 12.8 Å². The number of carbonyl (C=O) groups excluding carboxylic acids is 2. The Labute approximate surface area is 210 Å². The van der Waals surface area contributed by atoms with Crippen molar-refractivity contribution in [3.8, 4) is 0 Å². The molecule has 0 atom stereocenters. The van der Waals surface area contributed by atoms with E-state index < -0.39 is 16.8 Å². The number of aromatic amines is 1. The third kappa shape index (κ3) is 4.52. The molecule has 2 amide bonds. The van der Waals surface area contributed by atoms with Gasteiger partial charge in [-0.2, -0.15) is 0 Å². The first-order valence-corrected chi connectivity index (χ1v) is 12.7. The number of benzene rings is 1. The second-order valence-corrected chi connectivity index (χ2v) is 10.7. The van der Waals surface area contributed by atoms with Crippen molar-refractivity contribution in [1.29, 1.82) is 0 Å². The number of amides is 2. The first-order valence-electron chi connectivity index (χ1n) is 12.7. The molecule has 1 spiro atoms. The van der Waals surface area contributed by atoms with E-state index in [1.54, 1.807) is 15.9 Å². The molecule has 0 unspecified atom stereocenters. The van der Waals surface area contributed by atoms with E-state index in [0.29, 0.717) is 37.3 Å². The van der Waals surface area contributed by atoms with Crippen LogP contribution in [0, 0.1) is 11.8 Å². The summed E-state index contributed by atoms with van der Waals surface area (Å²) in [5.74, 6) is -0.210. The van der Waals surface area contributed by atoms with E-state index in [1.165, 1.54) is 4.57 Å². The van der Waals surface area contributed by atoms with Crippen LogP contribution in [0.2, 0.25) is 0 Å². The average Bonchev–Trinajstić information content (AvgIpc) is 3.27. The van der Waals surface area contributed by atoms with Crippen molar-refractivity contribution in [3.05, 3.63) is 45.1 Å². The van der Waals surface area contributed by atoms with Crippen molar-refractivity contribution in [2.75, 3.05) is 33.9 Å². The van der Waals surface area contributed by atoms with Crippen LogP contribution in [0.25, 0.3) is 0 Å². The first kappa shape index (κ1) is 25.5. The number of hydrogen-bond acceptors (Lipinski definition) is 6. The molecule has 36 heavy (non-hydrogen) atoms. The summed E-state index contributed by atoms with van der Waals surface area (Å²) in [4.78, 5) is 58.5. The van der Waals surface area contributed by atoms with Gasteiger partial charge in [-0.1, -0.05) is 52.7 Å². The summed E-state index contributed by atoms with van der Waals surface area (Å²) < 4.78 is 1.35. The number of rotatable bonds is 7. The lowest BCUT2D eigenvalue weighted by Gasteiger charge is -2.45. The van der Waals surface area contributed by atoms with E-state index in [2.05, 4.69) is 10.3 Å². The van der Waals surface area contributed by atoms with Crippen molar-refractivity contribution in [1.82, 2.24) is 9.55 Å². The minimum absolute atomic E-state index is 0.0401. The summed E-state index contributed by atoms with van der Waals surface area (Å²) in [5.41, 5.74) is 5.58. The number of fused-ring (bicyclic) bond motifs is 1. The second kappa shape index (κ2) is 9.83. The Morgan fingerprint density at radius 2 is 1.75 bits per heavy atom. The van der Waals surface area contributed by atoms with Crippen LogP contribution in [0.5, 0.6) is 0 Å². The van der Waals surface area contributed by atoms with Gasteiger partial charge >= 0.3 is 5.69 Å². The van der Waals surface area contributed by atoms with Crippen LogP contribution in [-0.2, 0) is 16.1 Å². The highest BCUT2D eigenvalue weighted by Gasteiger charge is 2.52. The molecule has 4 rings (SSSR count). The summed E-state index contributed by atoms with van der Waals surface area (Å²) in [6, 6.07) is 7.28. The zero-order valence-corrected chi connectivity index (χ0v) is 21.5. The van der Waals surface area contributed by atoms with Gasteiger partial charge in [0, 0.05) is 13.1 Å². The van der Waals surface area contributed by atoms with Crippen molar-refractivity contribution < 1.29 is 9.59 Å². The minimum atomic E-state index is -0.955. The smallest absolute Gasteiger partial charge is 0.330 e. The summed E-state index contributed by atoms with van der Waals surface area (Å²) in [5, 5.41) is 2.99. The fourth-order valence-electron chi connectivity index (χ4n) is 5.47. The van der Waals surface area contributed by atoms with Gasteiger partial charge in [-0.25, -0.2) is 4.79 Å². The van der Waals surface area contributed by atoms with Gasteiger partial charge in [-0.3, -0.25) is 28.8 Å². The fraction of sp³-hybridized carbons (Fsp3) is 0.538. The number of carbonyl (C=O) groups is 2. The molecule has 10 heteroatoms. The Morgan fingerprint density at radius 3 is 2.39 bits per heavy atom. The van der Waals surface area contributed by atoms with Crippen LogP contribution in [0.4, 0.5) is 22.9 Å². The maximum absolute atomic E-state index is 14.1. The second-order valence-electron chi connectivity index (χ2n) is 10.7. The fourth-order valence-corrected chi connectivity index (χ4v) is 5.47. The van der Waals surface area contributed by atoms with Crippen LogP contribution < -0.4 is 32.1 Å². The zero-order valence-electron chi connectivity index (χ0n) is 21.5. The van der Waals surface area contributed by atoms with Crippen LogP contribution in [0.1, 0.15) is 53.4 Å². The molecule has 0 bridgehead atoms. The minimum Gasteiger partial charge on any atom is -0.383 e. The topological polar surface area (TPSA) is 134 Å². The lowest BCUT2D eigenvalue weighted by molar-refractivity contribution is -0.126. The monoisotopic (exact) mass is 496 g/mol. The molecule has 1 fully saturated rings. The number of anilines is 4. The molecule has 2 heterocycles. The number of nitrogen functional groups attached to an aromatic ring is 1. The van der Waals surface area contributed by atoms with Gasteiger partial charge in [0.2, 0.25) is 5.91 Å². The molecule has 1 aromatic carbocycles. The molecule has 2 aromatic rings. The SMILES string of the molecule is CC(C)CN(CC(=O)N1c2ccccc2NC(=O)C12CCCC2)c1c(N)n(CC(C)C)c(=O)[nH]c1=O. The van der Waals surface area contributed by atoms with Crippen LogP contribution in [0.3, 0.4) is 0 Å². The number of para-hydroxylation sites is 2. The highest BCUT2D eigenvalue weighted by Crippen LogP contribution is 2.45. The number of H-pyrrole nitrogens is 1. The zero-order chi connectivity index (χ0) is 26.2. The number of nitrogens with two attached hydrogens (primary N) is 1. The van der Waals surface area contributed by atoms with Crippen LogP contribution in [-0.4, -0.2) is 40.0 Å². The van der Waals surface area contributed by atoms with E-state index in [4.69, 9.17) is 5.73 Å². The van der Waals surface area contributed by atoms with Gasteiger partial charge in [0.05, 0.1) is 17.9 Å². The molecule has 2 aliphatic rings. The van der Waals surface area contributed by atoms with Gasteiger partial charge in [-0.15, -0.1) is 0 Å². The molecule has 4 N–H and O–H groups in total. The van der Waals surface area contributed by atoms with Crippen LogP contribution >= 0.6 is 0 Å². The summed E-state index contributed by atoms with van der Waals surface area (Å²) >= 11 is 0. The third-order valence-corrected chi connectivity index (χ3v) is 6.91. The summed E-state index contributed by atoms with van der Waals surface area (Å²) in [6.45, 7) is 8.41. The highest BCUT2D eigenvalue weighted by atomic mass is 16.2. The van der Waals surface area contributed by atoms with Crippen LogP contribution in [0.15, 0.2) is 33.9 Å². The largest absolute Gasteiger partial charge is 0.383 e. The van der Waals surface area contributed by atoms with E-state index in [-0.39, 0.29) is 41.7 Å². The maximum Gasteiger partial charge on any atom is 0.330 e. The molecule has 1 aromatic heterocycles. The summed E-state index contributed by atoms with van der Waals surface area (Å²) in [7, 11) is 0. The van der Waals surface area contributed by atoms with Gasteiger partial charge in [-0.05, 0) is 36.8 Å². The lowest BCUT2D eigenvalue weighted by atomic mass is 9.89. The third-order valence-electron chi connectivity index (χ3n) is 6.91. The average molecular weight is 497 g/mol. The predicted octanol–water partition coefficient (Wildman–Crippen LogP) is 2.54. The van der Waals surface area contributed by atoms with Crippen molar-refractivity contribution in [2.24, 2.45) is 11.8 Å². The Hall–Kier alpha value is -3.56. The number of hydrogen-bond donors (Lipinski definition) is 3. The Bertz CT molecular complexity index is 1270. The summed E-state index contributed by atoms with van der Waals surface area (Å²) in [6.07, 6.45) is 2.85. The maximum atomic E-state index is 14.1. The van der Waals surface area contributed by atoms with Gasteiger partial charge < -0.3 is 16.0 Å². The van der Waals surface area contributed by atoms with Crippen molar-refractivity contribution in [2.45, 2.75) is 65.5 Å². The van der Waals surface area contributed by atoms with Crippen molar-refractivity contribution in [3.63, 3.8) is 0 Å².